The van der Waals surface area contributed by atoms with Crippen LogP contribution in [0.5, 0.6) is 0 Å². The minimum Gasteiger partial charge on any atom is -0.394 e. The van der Waals surface area contributed by atoms with E-state index in [-0.39, 0.29) is 43.1 Å². The van der Waals surface area contributed by atoms with Gasteiger partial charge in [-0.2, -0.15) is 0 Å². The number of hydrogen-bond acceptors (Lipinski definition) is 25. The number of rotatable bonds is 10. The summed E-state index contributed by atoms with van der Waals surface area (Å²) in [5.74, 6) is -3.25. The Morgan fingerprint density at radius 2 is 1.13 bits per heavy atom. The lowest BCUT2D eigenvalue weighted by Gasteiger charge is -2.62. The fourth-order valence-corrected chi connectivity index (χ4v) is 15.7. The zero-order valence-corrected chi connectivity index (χ0v) is 43.5. The van der Waals surface area contributed by atoms with E-state index in [1.54, 1.807) is 6.92 Å². The molecule has 6 saturated heterocycles. The molecule has 0 aromatic rings. The van der Waals surface area contributed by atoms with Crippen LogP contribution in [0.3, 0.4) is 0 Å². The van der Waals surface area contributed by atoms with Crippen LogP contribution in [0.25, 0.3) is 0 Å². The van der Waals surface area contributed by atoms with Gasteiger partial charge in [0, 0.05) is 35.0 Å². The topological polar surface area (TPSA) is 396 Å². The first-order chi connectivity index (χ1) is 35.8. The summed E-state index contributed by atoms with van der Waals surface area (Å²) in [4.78, 5) is 0. The quantitative estimate of drug-likeness (QED) is 0.0911. The van der Waals surface area contributed by atoms with E-state index >= 15 is 0 Å². The van der Waals surface area contributed by atoms with Crippen molar-refractivity contribution in [1.82, 2.24) is 0 Å². The number of allylic oxidation sites excluding steroid dienone is 1. The van der Waals surface area contributed by atoms with E-state index < -0.39 is 201 Å². The first-order valence-corrected chi connectivity index (χ1v) is 27.1. The van der Waals surface area contributed by atoms with Gasteiger partial charge in [0.05, 0.1) is 62.5 Å². The summed E-state index contributed by atoms with van der Waals surface area (Å²) in [6.45, 7) is 9.37. The van der Waals surface area contributed by atoms with Crippen LogP contribution in [0.15, 0.2) is 11.6 Å². The standard InChI is InChI=1S/C51H82O25/c1-16-15-67-51(44(66)41(16)73-45-38(63)35(60)31(56)18(3)68-45)17(2)30-25(76-51)11-23-22-8-7-20-9-21(54)10-29(49(20,5)24(22)12-28(55)50(23,30)6)72-48-43(37(62)34(59)27(14-53)71-48)75-47-40(65)42(32(57)19(4)69-47)74-46-39(64)36(61)33(58)26(13-52)70-46/h7,16-19,21-48,52-66H,8-15H2,1-6H3/t16-,17+,18-,19+,21-,22+,23+,24+,25?,26-,27-,28-,29-,30?,31+,32+,33-,34-,35-,36+,37+,38-,39-,40-,41+,42-,43-,44+,45+,46+,47+,48+,49+,50-,51+/m1/s1. The van der Waals surface area contributed by atoms with Crippen molar-refractivity contribution in [3.63, 3.8) is 0 Å². The van der Waals surface area contributed by atoms with Gasteiger partial charge >= 0.3 is 0 Å². The van der Waals surface area contributed by atoms with E-state index in [9.17, 15) is 76.6 Å². The van der Waals surface area contributed by atoms with E-state index in [2.05, 4.69) is 13.0 Å². The van der Waals surface area contributed by atoms with Crippen LogP contribution in [0, 0.1) is 46.3 Å². The molecule has 0 radical (unpaired) electrons. The Hall–Kier alpha value is -1.26. The summed E-state index contributed by atoms with van der Waals surface area (Å²) < 4.78 is 61.8. The molecule has 0 aromatic heterocycles. The van der Waals surface area contributed by atoms with Gasteiger partial charge in [0.2, 0.25) is 0 Å². The highest BCUT2D eigenvalue weighted by atomic mass is 16.8. The van der Waals surface area contributed by atoms with Gasteiger partial charge in [0.1, 0.15) is 91.6 Å². The molecule has 10 rings (SSSR count). The lowest BCUT2D eigenvalue weighted by molar-refractivity contribution is -0.388. The first kappa shape index (κ1) is 58.0. The molecule has 35 atom stereocenters. The Balaban J connectivity index is 0.884. The van der Waals surface area contributed by atoms with Crippen LogP contribution in [0.2, 0.25) is 0 Å². The molecule has 25 heteroatoms. The normalized spacial score (nSPS) is 59.3. The molecule has 1 spiro atoms. The third-order valence-corrected chi connectivity index (χ3v) is 20.1. The van der Waals surface area contributed by atoms with Gasteiger partial charge < -0.3 is 124 Å². The first-order valence-electron chi connectivity index (χ1n) is 27.1. The lowest BCUT2D eigenvalue weighted by Crippen LogP contribution is -2.67. The summed E-state index contributed by atoms with van der Waals surface area (Å²) in [5.41, 5.74) is -0.788. The minimum absolute atomic E-state index is 0.0527. The second-order valence-electron chi connectivity index (χ2n) is 24.2. The maximum Gasteiger partial charge on any atom is 0.200 e. The van der Waals surface area contributed by atoms with Crippen molar-refractivity contribution >= 4 is 0 Å². The Labute approximate surface area is 439 Å². The van der Waals surface area contributed by atoms with Gasteiger partial charge in [-0.1, -0.05) is 39.3 Å². The molecule has 436 valence electrons. The predicted molar refractivity (Wildman–Crippen MR) is 251 cm³/mol. The maximum atomic E-state index is 12.7. The van der Waals surface area contributed by atoms with Gasteiger partial charge in [-0.05, 0) is 57.3 Å². The van der Waals surface area contributed by atoms with E-state index in [1.165, 1.54) is 6.92 Å². The summed E-state index contributed by atoms with van der Waals surface area (Å²) in [6.07, 6.45) is -33.5. The fraction of sp³-hybridized carbons (Fsp3) is 0.961. The third kappa shape index (κ3) is 9.11. The Morgan fingerprint density at radius 3 is 1.79 bits per heavy atom. The van der Waals surface area contributed by atoms with Crippen LogP contribution in [-0.4, -0.2) is 262 Å². The van der Waals surface area contributed by atoms with E-state index in [1.807, 2.05) is 20.8 Å². The second kappa shape index (κ2) is 21.5. The Bertz CT molecular complexity index is 2060. The fourth-order valence-electron chi connectivity index (χ4n) is 15.7. The van der Waals surface area contributed by atoms with Crippen LogP contribution >= 0.6 is 0 Å². The highest BCUT2D eigenvalue weighted by Crippen LogP contribution is 2.71. The summed E-state index contributed by atoms with van der Waals surface area (Å²) in [5, 5.41) is 165. The molecule has 6 heterocycles. The van der Waals surface area contributed by atoms with Crippen molar-refractivity contribution in [3.8, 4) is 0 Å². The summed E-state index contributed by atoms with van der Waals surface area (Å²) in [6, 6.07) is 0. The van der Waals surface area contributed by atoms with Crippen LogP contribution < -0.4 is 0 Å². The van der Waals surface area contributed by atoms with Crippen molar-refractivity contribution in [1.29, 1.82) is 0 Å². The van der Waals surface area contributed by atoms with Gasteiger partial charge in [0.25, 0.3) is 0 Å². The third-order valence-electron chi connectivity index (χ3n) is 20.1. The predicted octanol–water partition coefficient (Wildman–Crippen LogP) is -5.05. The SMILES string of the molecule is C[C@@H]1CO[C@@]2(OC3C[C@H]4[C@@H]5CC=C6C[C@@H](O)C[C@@H](O[C@@H]7O[C@H](CO)[C@@H](O)[C@H](O)[C@H]7O[C@@H]7O[C@@H](C)[C@H](O)[C@@H](O[C@@H]8O[C@H](CO)[C@@H](O)[C@H](O)[C@H]8O)[C@H]7O)[C@]6(C)[C@H]5C[C@@H](O)[C@]4(C)C3[C@@H]2C)[C@@H](O)[C@H]1O[C@@H]1O[C@H](C)[C@H](O)[C@@H](O)[C@H]1O. The van der Waals surface area contributed by atoms with Crippen molar-refractivity contribution in [3.05, 3.63) is 11.6 Å². The molecule has 10 aliphatic rings. The van der Waals surface area contributed by atoms with Gasteiger partial charge in [-0.15, -0.1) is 0 Å². The molecular formula is C51H82O25. The number of hydrogen-bond donors (Lipinski definition) is 15. The van der Waals surface area contributed by atoms with Crippen molar-refractivity contribution in [2.75, 3.05) is 19.8 Å². The largest absolute Gasteiger partial charge is 0.394 e. The Morgan fingerprint density at radius 1 is 0.566 bits per heavy atom. The van der Waals surface area contributed by atoms with Crippen molar-refractivity contribution in [2.24, 2.45) is 46.3 Å². The molecule has 15 N–H and O–H groups in total. The van der Waals surface area contributed by atoms with E-state index in [4.69, 9.17) is 47.4 Å². The molecule has 25 nitrogen and oxygen atoms in total. The molecule has 4 aliphatic carbocycles. The number of ether oxygens (including phenoxy) is 10. The molecule has 0 aromatic carbocycles. The molecular weight excluding hydrogens is 1010 g/mol. The summed E-state index contributed by atoms with van der Waals surface area (Å²) >= 11 is 0. The van der Waals surface area contributed by atoms with Crippen molar-refractivity contribution < 1.29 is 124 Å². The molecule has 3 saturated carbocycles. The average molecular weight is 1100 g/mol. The van der Waals surface area contributed by atoms with Gasteiger partial charge in [-0.3, -0.25) is 0 Å². The van der Waals surface area contributed by atoms with E-state index in [0.717, 1.165) is 5.57 Å². The zero-order chi connectivity index (χ0) is 55.0. The molecule has 9 fully saturated rings. The van der Waals surface area contributed by atoms with Gasteiger partial charge in [0.15, 0.2) is 30.9 Å². The van der Waals surface area contributed by atoms with E-state index in [0.29, 0.717) is 19.3 Å². The average Bonchev–Trinajstić information content (AvgIpc) is 4.01. The van der Waals surface area contributed by atoms with Crippen molar-refractivity contribution in [2.45, 2.75) is 239 Å². The van der Waals surface area contributed by atoms with Gasteiger partial charge in [-0.25, -0.2) is 0 Å². The minimum atomic E-state index is -1.93. The molecule has 0 bridgehead atoms. The number of aliphatic hydroxyl groups is 15. The van der Waals surface area contributed by atoms with Crippen LogP contribution in [0.1, 0.15) is 73.6 Å². The maximum absolute atomic E-state index is 12.7. The lowest BCUT2D eigenvalue weighted by atomic mass is 9.45. The molecule has 2 unspecified atom stereocenters. The zero-order valence-electron chi connectivity index (χ0n) is 43.5. The Kier molecular flexibility index (Phi) is 16.4. The molecule has 76 heavy (non-hydrogen) atoms. The second-order valence-corrected chi connectivity index (χ2v) is 24.2. The molecule has 6 aliphatic heterocycles. The highest BCUT2D eigenvalue weighted by Gasteiger charge is 2.74. The molecule has 0 amide bonds. The monoisotopic (exact) mass is 1090 g/mol. The number of aliphatic hydroxyl groups excluding tert-OH is 15. The highest BCUT2D eigenvalue weighted by molar-refractivity contribution is 5.30. The van der Waals surface area contributed by atoms with Crippen LogP contribution in [-0.2, 0) is 47.4 Å². The van der Waals surface area contributed by atoms with Crippen LogP contribution in [0.4, 0.5) is 0 Å². The smallest absolute Gasteiger partial charge is 0.200 e. The number of fused-ring (bicyclic) bond motifs is 7. The summed E-state index contributed by atoms with van der Waals surface area (Å²) in [7, 11) is 0.